The quantitative estimate of drug-likeness (QED) is 0.525. The Bertz CT molecular complexity index is 901. The minimum Gasteiger partial charge on any atom is -0.450 e. The standard InChI is InChI=1S/C31H48N2O4/c1-2-37-30(35)33-19-23-16-24(33)18-28(23)32-11-7-20(8-12-32)15-26-25-17-22(21-3-4-21)5-6-27(25)31(29(26)34)9-13-36-14-10-31/h20-24,26,28-29,34H,2-19H2,1H3/t22?,23?,24-,26?,28-,29?/m1/s1. The van der Waals surface area contributed by atoms with Gasteiger partial charge in [-0.05, 0) is 121 Å². The van der Waals surface area contributed by atoms with Gasteiger partial charge in [0.1, 0.15) is 0 Å². The highest BCUT2D eigenvalue weighted by atomic mass is 16.6. The van der Waals surface area contributed by atoms with E-state index in [1.807, 2.05) is 11.8 Å². The molecule has 4 aliphatic carbocycles. The summed E-state index contributed by atoms with van der Waals surface area (Å²) >= 11 is 0. The fourth-order valence-electron chi connectivity index (χ4n) is 9.95. The predicted octanol–water partition coefficient (Wildman–Crippen LogP) is 5.00. The Hall–Kier alpha value is -1.11. The van der Waals surface area contributed by atoms with Gasteiger partial charge in [-0.15, -0.1) is 0 Å². The van der Waals surface area contributed by atoms with E-state index in [0.29, 0.717) is 30.5 Å². The van der Waals surface area contributed by atoms with Crippen LogP contribution in [0.15, 0.2) is 11.1 Å². The molecule has 6 nitrogen and oxygen atoms in total. The molecule has 2 bridgehead atoms. The molecule has 6 atom stereocenters. The first-order valence-electron chi connectivity index (χ1n) is 15.7. The fourth-order valence-corrected chi connectivity index (χ4v) is 9.95. The predicted molar refractivity (Wildman–Crippen MR) is 142 cm³/mol. The summed E-state index contributed by atoms with van der Waals surface area (Å²) in [5.41, 5.74) is 3.43. The minimum atomic E-state index is -0.184. The van der Waals surface area contributed by atoms with Crippen LogP contribution >= 0.6 is 0 Å². The Morgan fingerprint density at radius 2 is 1.84 bits per heavy atom. The van der Waals surface area contributed by atoms with Gasteiger partial charge in [0.2, 0.25) is 0 Å². The molecule has 206 valence electrons. The third kappa shape index (κ3) is 4.28. The summed E-state index contributed by atoms with van der Waals surface area (Å²) in [6, 6.07) is 1.03. The van der Waals surface area contributed by atoms with E-state index in [1.54, 1.807) is 11.1 Å². The van der Waals surface area contributed by atoms with Crippen LogP contribution in [0, 0.1) is 35.0 Å². The van der Waals surface area contributed by atoms with Crippen molar-refractivity contribution in [3.63, 3.8) is 0 Å². The molecule has 3 aliphatic heterocycles. The van der Waals surface area contributed by atoms with E-state index in [4.69, 9.17) is 9.47 Å². The molecule has 0 aromatic carbocycles. The van der Waals surface area contributed by atoms with Crippen molar-refractivity contribution in [1.82, 2.24) is 9.80 Å². The Labute approximate surface area is 223 Å². The van der Waals surface area contributed by atoms with E-state index in [0.717, 1.165) is 63.2 Å². The smallest absolute Gasteiger partial charge is 0.410 e. The van der Waals surface area contributed by atoms with Crippen LogP contribution in [0.5, 0.6) is 0 Å². The van der Waals surface area contributed by atoms with Crippen LogP contribution in [0.4, 0.5) is 4.79 Å². The summed E-state index contributed by atoms with van der Waals surface area (Å²) in [7, 11) is 0. The average Bonchev–Trinajstić information content (AvgIpc) is 3.53. The number of aliphatic hydroxyl groups excluding tert-OH is 1. The number of carbonyl (C=O) groups is 1. The number of likely N-dealkylation sites (tertiary alicyclic amines) is 2. The van der Waals surface area contributed by atoms with Crippen molar-refractivity contribution in [2.75, 3.05) is 39.5 Å². The lowest BCUT2D eigenvalue weighted by Gasteiger charge is -2.43. The topological polar surface area (TPSA) is 62.2 Å². The number of nitrogens with zero attached hydrogens (tertiary/aromatic N) is 2. The summed E-state index contributed by atoms with van der Waals surface area (Å²) in [6.45, 7) is 7.27. The van der Waals surface area contributed by atoms with Crippen molar-refractivity contribution < 1.29 is 19.4 Å². The normalized spacial score (nSPS) is 40.0. The van der Waals surface area contributed by atoms with Crippen LogP contribution in [0.3, 0.4) is 0 Å². The van der Waals surface area contributed by atoms with Crippen molar-refractivity contribution in [2.24, 2.45) is 35.0 Å². The van der Waals surface area contributed by atoms with Gasteiger partial charge in [-0.25, -0.2) is 4.79 Å². The molecule has 0 radical (unpaired) electrons. The zero-order valence-electron chi connectivity index (χ0n) is 22.9. The SMILES string of the molecule is CCOC(=O)N1CC2C[C@@H]1C[C@H]2N1CCC(CC2C3=C(CCC(C4CC4)C3)C3(CCOCC3)C2O)CC1. The maximum Gasteiger partial charge on any atom is 0.410 e. The molecule has 7 aliphatic rings. The third-order valence-electron chi connectivity index (χ3n) is 12.0. The van der Waals surface area contributed by atoms with Crippen LogP contribution in [0.1, 0.15) is 84.0 Å². The van der Waals surface area contributed by atoms with Gasteiger partial charge < -0.3 is 19.5 Å². The second kappa shape index (κ2) is 9.82. The van der Waals surface area contributed by atoms with E-state index in [-0.39, 0.29) is 17.6 Å². The van der Waals surface area contributed by atoms with Gasteiger partial charge in [0.25, 0.3) is 0 Å². The first-order valence-corrected chi connectivity index (χ1v) is 15.7. The van der Waals surface area contributed by atoms with E-state index < -0.39 is 0 Å². The molecule has 3 heterocycles. The molecule has 37 heavy (non-hydrogen) atoms. The zero-order valence-corrected chi connectivity index (χ0v) is 22.9. The van der Waals surface area contributed by atoms with Crippen LogP contribution in [-0.4, -0.2) is 78.6 Å². The highest BCUT2D eigenvalue weighted by Gasteiger charge is 2.55. The summed E-state index contributed by atoms with van der Waals surface area (Å²) in [5.74, 6) is 3.60. The van der Waals surface area contributed by atoms with Gasteiger partial charge >= 0.3 is 6.09 Å². The largest absolute Gasteiger partial charge is 0.450 e. The fraction of sp³-hybridized carbons (Fsp3) is 0.903. The molecule has 3 saturated heterocycles. The summed E-state index contributed by atoms with van der Waals surface area (Å²) in [6.07, 6.45) is 14.6. The second-order valence-electron chi connectivity index (χ2n) is 13.7. The number of aliphatic hydroxyl groups is 1. The zero-order chi connectivity index (χ0) is 25.1. The molecular formula is C31H48N2O4. The van der Waals surface area contributed by atoms with Crippen LogP contribution < -0.4 is 0 Å². The maximum atomic E-state index is 12.3. The molecule has 5 fully saturated rings. The van der Waals surface area contributed by atoms with Gasteiger partial charge in [-0.2, -0.15) is 0 Å². The number of piperidine rings is 2. The number of amides is 1. The van der Waals surface area contributed by atoms with E-state index in [9.17, 15) is 9.90 Å². The third-order valence-corrected chi connectivity index (χ3v) is 12.0. The molecule has 4 unspecified atom stereocenters. The minimum absolute atomic E-state index is 0.0291. The molecular weight excluding hydrogens is 464 g/mol. The molecule has 0 aromatic rings. The monoisotopic (exact) mass is 512 g/mol. The number of fused-ring (bicyclic) bond motifs is 3. The van der Waals surface area contributed by atoms with E-state index in [2.05, 4.69) is 4.90 Å². The summed E-state index contributed by atoms with van der Waals surface area (Å²) in [4.78, 5) is 17.0. The Balaban J connectivity index is 0.987. The second-order valence-corrected chi connectivity index (χ2v) is 13.7. The van der Waals surface area contributed by atoms with Crippen molar-refractivity contribution >= 4 is 6.09 Å². The average molecular weight is 513 g/mol. The van der Waals surface area contributed by atoms with Crippen molar-refractivity contribution in [2.45, 2.75) is 102 Å². The first-order chi connectivity index (χ1) is 18.1. The number of carbonyl (C=O) groups excluding carboxylic acids is 1. The van der Waals surface area contributed by atoms with Crippen LogP contribution in [0.2, 0.25) is 0 Å². The van der Waals surface area contributed by atoms with E-state index >= 15 is 0 Å². The molecule has 7 rings (SSSR count). The van der Waals surface area contributed by atoms with Crippen LogP contribution in [0.25, 0.3) is 0 Å². The number of hydrogen-bond donors (Lipinski definition) is 1. The van der Waals surface area contributed by atoms with Crippen molar-refractivity contribution in [3.8, 4) is 0 Å². The summed E-state index contributed by atoms with van der Waals surface area (Å²) in [5, 5.41) is 11.9. The van der Waals surface area contributed by atoms with Gasteiger partial charge in [-0.1, -0.05) is 11.1 Å². The molecule has 1 N–H and O–H groups in total. The summed E-state index contributed by atoms with van der Waals surface area (Å²) < 4.78 is 11.1. The van der Waals surface area contributed by atoms with Gasteiger partial charge in [0.05, 0.1) is 12.7 Å². The number of rotatable bonds is 5. The van der Waals surface area contributed by atoms with Crippen molar-refractivity contribution in [3.05, 3.63) is 11.1 Å². The Kier molecular flexibility index (Phi) is 6.61. The highest BCUT2D eigenvalue weighted by Crippen LogP contribution is 2.60. The molecule has 1 amide bonds. The highest BCUT2D eigenvalue weighted by molar-refractivity contribution is 5.68. The molecule has 6 heteroatoms. The lowest BCUT2D eigenvalue weighted by atomic mass is 9.68. The van der Waals surface area contributed by atoms with Crippen molar-refractivity contribution in [1.29, 1.82) is 0 Å². The first kappa shape index (κ1) is 24.9. The Morgan fingerprint density at radius 3 is 2.51 bits per heavy atom. The molecule has 0 aromatic heterocycles. The molecule has 2 saturated carbocycles. The maximum absolute atomic E-state index is 12.3. The number of ether oxygens (including phenoxy) is 2. The van der Waals surface area contributed by atoms with Gasteiger partial charge in [-0.3, -0.25) is 4.90 Å². The van der Waals surface area contributed by atoms with Crippen LogP contribution in [-0.2, 0) is 9.47 Å². The lowest BCUT2D eigenvalue weighted by molar-refractivity contribution is -0.0512. The van der Waals surface area contributed by atoms with Gasteiger partial charge in [0.15, 0.2) is 0 Å². The van der Waals surface area contributed by atoms with E-state index in [1.165, 1.54) is 64.5 Å². The Morgan fingerprint density at radius 1 is 1.05 bits per heavy atom. The van der Waals surface area contributed by atoms with Gasteiger partial charge in [0, 0.05) is 43.2 Å². The lowest BCUT2D eigenvalue weighted by Crippen LogP contribution is -2.50. The molecule has 1 spiro atoms. The number of hydrogen-bond acceptors (Lipinski definition) is 5.